The molecule has 4 aromatic rings. The molecule has 0 unspecified atom stereocenters. The van der Waals surface area contributed by atoms with E-state index in [2.05, 4.69) is 48.0 Å². The lowest BCUT2D eigenvalue weighted by Crippen LogP contribution is -2.35. The summed E-state index contributed by atoms with van der Waals surface area (Å²) in [5.41, 5.74) is 3.57. The van der Waals surface area contributed by atoms with Gasteiger partial charge in [0, 0.05) is 30.8 Å². The minimum Gasteiger partial charge on any atom is -0.383 e. The average Bonchev–Trinajstić information content (AvgIpc) is 3.29. The van der Waals surface area contributed by atoms with E-state index in [0.29, 0.717) is 50.1 Å². The van der Waals surface area contributed by atoms with Gasteiger partial charge in [-0.05, 0) is 24.6 Å². The number of ether oxygens (including phenoxy) is 1. The lowest BCUT2D eigenvalue weighted by atomic mass is 10.1. The van der Waals surface area contributed by atoms with Gasteiger partial charge in [0.1, 0.15) is 22.7 Å². The zero-order valence-corrected chi connectivity index (χ0v) is 18.8. The summed E-state index contributed by atoms with van der Waals surface area (Å²) in [4.78, 5) is 24.6. The molecular formula is C20H20FIN6O2. The van der Waals surface area contributed by atoms with Gasteiger partial charge in [-0.25, -0.2) is 14.4 Å². The maximum Gasteiger partial charge on any atom is 0.255 e. The topological polar surface area (TPSA) is 97.7 Å². The summed E-state index contributed by atoms with van der Waals surface area (Å²) in [6, 6.07) is 3.27. The van der Waals surface area contributed by atoms with Gasteiger partial charge in [0.15, 0.2) is 5.65 Å². The van der Waals surface area contributed by atoms with Crippen LogP contribution in [0.4, 0.5) is 4.39 Å². The van der Waals surface area contributed by atoms with E-state index < -0.39 is 0 Å². The number of carbonyl (C=O) groups is 1. The molecule has 0 saturated heterocycles. The van der Waals surface area contributed by atoms with Crippen LogP contribution in [0.25, 0.3) is 33.5 Å². The van der Waals surface area contributed by atoms with E-state index in [4.69, 9.17) is 4.74 Å². The molecule has 0 bridgehead atoms. The first-order chi connectivity index (χ1) is 14.4. The minimum atomic E-state index is -0.357. The van der Waals surface area contributed by atoms with Gasteiger partial charge in [0.25, 0.3) is 5.91 Å². The van der Waals surface area contributed by atoms with Gasteiger partial charge >= 0.3 is 0 Å². The van der Waals surface area contributed by atoms with Crippen molar-refractivity contribution in [2.45, 2.75) is 17.4 Å². The van der Waals surface area contributed by atoms with Crippen molar-refractivity contribution in [1.82, 2.24) is 30.0 Å². The number of hydrogen-bond donors (Lipinski definition) is 2. The molecule has 4 rings (SSSR count). The summed E-state index contributed by atoms with van der Waals surface area (Å²) < 4.78 is 22.3. The van der Waals surface area contributed by atoms with Crippen LogP contribution >= 0.6 is 22.6 Å². The summed E-state index contributed by atoms with van der Waals surface area (Å²) in [5, 5.41) is 7.72. The normalized spacial score (nSPS) is 12.6. The van der Waals surface area contributed by atoms with Crippen LogP contribution in [0, 0.1) is 5.82 Å². The predicted molar refractivity (Wildman–Crippen MR) is 120 cm³/mol. The molecule has 3 aromatic heterocycles. The Labute approximate surface area is 185 Å². The SMILES string of the molecule is COC[C@H](C)NC(=O)c1c[nH]c2ncc(-c3nn(C)c4cc(CI)cc(F)c34)nc12. The molecule has 0 saturated carbocycles. The lowest BCUT2D eigenvalue weighted by molar-refractivity contribution is 0.0907. The Balaban J connectivity index is 1.80. The van der Waals surface area contributed by atoms with Gasteiger partial charge in [-0.3, -0.25) is 9.48 Å². The Morgan fingerprint density at radius 2 is 2.23 bits per heavy atom. The number of nitrogens with zero attached hydrogens (tertiary/aromatic N) is 4. The van der Waals surface area contributed by atoms with E-state index in [1.807, 2.05) is 13.0 Å². The average molecular weight is 522 g/mol. The predicted octanol–water partition coefficient (Wildman–Crippen LogP) is 3.35. The molecule has 0 aliphatic carbocycles. The number of rotatable bonds is 6. The summed E-state index contributed by atoms with van der Waals surface area (Å²) in [5.74, 6) is -0.648. The first-order valence-corrected chi connectivity index (χ1v) is 10.8. The van der Waals surface area contributed by atoms with E-state index in [-0.39, 0.29) is 17.8 Å². The number of amides is 1. The molecule has 3 heterocycles. The summed E-state index contributed by atoms with van der Waals surface area (Å²) in [7, 11) is 3.34. The van der Waals surface area contributed by atoms with Gasteiger partial charge in [0.05, 0.1) is 29.3 Å². The standard InChI is InChI=1S/C20H20FIN6O2/c1-10(9-30-3)25-20(29)12-7-23-19-17(12)26-14(8-24-19)18-16-13(21)4-11(6-22)5-15(16)28(2)27-18/h4-5,7-8,10H,6,9H2,1-3H3,(H,23,24)(H,25,29)/t10-/m0/s1. The summed E-state index contributed by atoms with van der Waals surface area (Å²) >= 11 is 2.20. The number of carbonyl (C=O) groups excluding carboxylic acids is 1. The highest BCUT2D eigenvalue weighted by Gasteiger charge is 2.21. The van der Waals surface area contributed by atoms with Crippen LogP contribution in [-0.2, 0) is 16.2 Å². The fourth-order valence-corrected chi connectivity index (χ4v) is 3.86. The highest BCUT2D eigenvalue weighted by Crippen LogP contribution is 2.31. The molecule has 1 atom stereocenters. The third-order valence-corrected chi connectivity index (χ3v) is 5.66. The fraction of sp³-hybridized carbons (Fsp3) is 0.300. The molecule has 1 amide bonds. The second kappa shape index (κ2) is 8.26. The van der Waals surface area contributed by atoms with Crippen molar-refractivity contribution < 1.29 is 13.9 Å². The summed E-state index contributed by atoms with van der Waals surface area (Å²) in [6.07, 6.45) is 3.09. The van der Waals surface area contributed by atoms with E-state index in [1.54, 1.807) is 25.0 Å². The van der Waals surface area contributed by atoms with Crippen molar-refractivity contribution in [3.63, 3.8) is 0 Å². The maximum absolute atomic E-state index is 14.9. The second-order valence-corrected chi connectivity index (χ2v) is 7.83. The number of benzene rings is 1. The minimum absolute atomic E-state index is 0.162. The molecule has 1 aromatic carbocycles. The first kappa shape index (κ1) is 20.7. The summed E-state index contributed by atoms with van der Waals surface area (Å²) in [6.45, 7) is 2.24. The number of methoxy groups -OCH3 is 1. The van der Waals surface area contributed by atoms with Crippen molar-refractivity contribution in [3.8, 4) is 11.4 Å². The molecule has 8 nitrogen and oxygen atoms in total. The molecular weight excluding hydrogens is 502 g/mol. The largest absolute Gasteiger partial charge is 0.383 e. The van der Waals surface area contributed by atoms with Gasteiger partial charge in [0.2, 0.25) is 0 Å². The van der Waals surface area contributed by atoms with Crippen LogP contribution in [0.5, 0.6) is 0 Å². The van der Waals surface area contributed by atoms with Gasteiger partial charge < -0.3 is 15.0 Å². The number of alkyl halides is 1. The number of aromatic amines is 1. The zero-order chi connectivity index (χ0) is 21.4. The van der Waals surface area contributed by atoms with Crippen LogP contribution in [-0.4, -0.2) is 50.4 Å². The number of halogens is 2. The highest BCUT2D eigenvalue weighted by molar-refractivity contribution is 14.1. The molecule has 0 fully saturated rings. The van der Waals surface area contributed by atoms with Crippen molar-refractivity contribution in [1.29, 1.82) is 0 Å². The Hall–Kier alpha value is -2.60. The van der Waals surface area contributed by atoms with Crippen LogP contribution in [0.1, 0.15) is 22.8 Å². The van der Waals surface area contributed by atoms with Crippen LogP contribution in [0.2, 0.25) is 0 Å². The second-order valence-electron chi connectivity index (χ2n) is 7.06. The fourth-order valence-electron chi connectivity index (χ4n) is 3.42. The number of hydrogen-bond acceptors (Lipinski definition) is 5. The molecule has 0 aliphatic heterocycles. The molecule has 30 heavy (non-hydrogen) atoms. The van der Waals surface area contributed by atoms with Gasteiger partial charge in [-0.1, -0.05) is 22.6 Å². The van der Waals surface area contributed by atoms with Crippen LogP contribution < -0.4 is 5.32 Å². The Morgan fingerprint density at radius 3 is 2.97 bits per heavy atom. The number of fused-ring (bicyclic) bond motifs is 2. The molecule has 0 radical (unpaired) electrons. The molecule has 156 valence electrons. The number of aromatic nitrogens is 5. The Kier molecular flexibility index (Phi) is 5.69. The van der Waals surface area contributed by atoms with Crippen molar-refractivity contribution in [3.05, 3.63) is 41.5 Å². The van der Waals surface area contributed by atoms with Crippen molar-refractivity contribution in [2.75, 3.05) is 13.7 Å². The van der Waals surface area contributed by atoms with E-state index in [0.717, 1.165) is 5.56 Å². The third-order valence-electron chi connectivity index (χ3n) is 4.78. The number of nitrogens with one attached hydrogen (secondary N) is 2. The third kappa shape index (κ3) is 3.65. The smallest absolute Gasteiger partial charge is 0.255 e. The molecule has 0 spiro atoms. The maximum atomic E-state index is 14.9. The zero-order valence-electron chi connectivity index (χ0n) is 16.7. The van der Waals surface area contributed by atoms with Gasteiger partial charge in [-0.15, -0.1) is 0 Å². The Bertz CT molecular complexity index is 1250. The lowest BCUT2D eigenvalue weighted by Gasteiger charge is -2.11. The molecule has 0 aliphatic rings. The van der Waals surface area contributed by atoms with Gasteiger partial charge in [-0.2, -0.15) is 5.10 Å². The quantitative estimate of drug-likeness (QED) is 0.299. The van der Waals surface area contributed by atoms with Crippen molar-refractivity contribution >= 4 is 50.6 Å². The monoisotopic (exact) mass is 522 g/mol. The molecule has 10 heteroatoms. The van der Waals surface area contributed by atoms with Crippen LogP contribution in [0.3, 0.4) is 0 Å². The van der Waals surface area contributed by atoms with E-state index in [1.165, 1.54) is 12.3 Å². The highest BCUT2D eigenvalue weighted by atomic mass is 127. The van der Waals surface area contributed by atoms with Crippen LogP contribution in [0.15, 0.2) is 24.5 Å². The Morgan fingerprint density at radius 1 is 1.43 bits per heavy atom. The number of aryl methyl sites for hydroxylation is 1. The van der Waals surface area contributed by atoms with Crippen molar-refractivity contribution in [2.24, 2.45) is 7.05 Å². The first-order valence-electron chi connectivity index (χ1n) is 9.28. The number of H-pyrrole nitrogens is 1. The molecule has 2 N–H and O–H groups in total. The van der Waals surface area contributed by atoms with E-state index in [9.17, 15) is 9.18 Å². The van der Waals surface area contributed by atoms with E-state index >= 15 is 0 Å².